The summed E-state index contributed by atoms with van der Waals surface area (Å²) >= 11 is 5.47. The molecule has 0 unspecified atom stereocenters. The first-order chi connectivity index (χ1) is 8.38. The smallest absolute Gasteiger partial charge is 0.161 e. The minimum Gasteiger partial charge on any atom is -0.487 e. The van der Waals surface area contributed by atoms with E-state index in [0.717, 1.165) is 0 Å². The molecule has 0 heterocycles. The van der Waals surface area contributed by atoms with Crippen molar-refractivity contribution in [3.63, 3.8) is 0 Å². The van der Waals surface area contributed by atoms with Crippen LogP contribution in [0.5, 0.6) is 11.5 Å². The van der Waals surface area contributed by atoms with Crippen molar-refractivity contribution in [2.24, 2.45) is 0 Å². The summed E-state index contributed by atoms with van der Waals surface area (Å²) in [4.78, 5) is 0. The summed E-state index contributed by atoms with van der Waals surface area (Å²) in [6.07, 6.45) is 0. The second-order valence-corrected chi connectivity index (χ2v) is 3.55. The van der Waals surface area contributed by atoms with Crippen LogP contribution in [-0.2, 0) is 4.74 Å². The van der Waals surface area contributed by atoms with Crippen LogP contribution in [0.1, 0.15) is 0 Å². The fourth-order valence-corrected chi connectivity index (χ4v) is 1.32. The molecule has 0 saturated heterocycles. The summed E-state index contributed by atoms with van der Waals surface area (Å²) in [6, 6.07) is 7.32. The van der Waals surface area contributed by atoms with Gasteiger partial charge in [-0.2, -0.15) is 0 Å². The van der Waals surface area contributed by atoms with Gasteiger partial charge in [-0.15, -0.1) is 11.6 Å². The highest BCUT2D eigenvalue weighted by Crippen LogP contribution is 2.26. The standard InChI is InChI=1S/C12H17ClO4/c13-5-7-15-9-10-17-12-4-2-1-3-11(12)16-8-6-14/h1-4,14H,5-10H2. The average molecular weight is 261 g/mol. The van der Waals surface area contributed by atoms with Gasteiger partial charge in [0, 0.05) is 5.88 Å². The third kappa shape index (κ3) is 5.77. The second-order valence-electron chi connectivity index (χ2n) is 3.17. The Kier molecular flexibility index (Phi) is 7.54. The molecule has 1 N–H and O–H groups in total. The maximum absolute atomic E-state index is 8.69. The average Bonchev–Trinajstić information content (AvgIpc) is 2.37. The normalized spacial score (nSPS) is 10.2. The molecule has 0 bridgehead atoms. The maximum Gasteiger partial charge on any atom is 0.161 e. The van der Waals surface area contributed by atoms with Gasteiger partial charge in [0.2, 0.25) is 0 Å². The summed E-state index contributed by atoms with van der Waals surface area (Å²) in [6.45, 7) is 1.68. The Morgan fingerprint density at radius 3 is 2.18 bits per heavy atom. The van der Waals surface area contributed by atoms with Crippen molar-refractivity contribution in [3.8, 4) is 11.5 Å². The maximum atomic E-state index is 8.69. The zero-order valence-electron chi connectivity index (χ0n) is 9.60. The Morgan fingerprint density at radius 1 is 0.941 bits per heavy atom. The number of hydrogen-bond acceptors (Lipinski definition) is 4. The molecule has 1 aromatic rings. The summed E-state index contributed by atoms with van der Waals surface area (Å²) < 4.78 is 16.0. The molecule has 17 heavy (non-hydrogen) atoms. The van der Waals surface area contributed by atoms with E-state index in [1.807, 2.05) is 18.2 Å². The minimum atomic E-state index is -0.0207. The molecule has 0 spiro atoms. The third-order valence-electron chi connectivity index (χ3n) is 1.90. The van der Waals surface area contributed by atoms with Crippen LogP contribution in [0.3, 0.4) is 0 Å². The largest absolute Gasteiger partial charge is 0.487 e. The van der Waals surface area contributed by atoms with Crippen LogP contribution in [0.4, 0.5) is 0 Å². The predicted octanol–water partition coefficient (Wildman–Crippen LogP) is 1.69. The van der Waals surface area contributed by atoms with Crippen molar-refractivity contribution < 1.29 is 19.3 Å². The van der Waals surface area contributed by atoms with Crippen molar-refractivity contribution in [2.75, 3.05) is 38.9 Å². The highest BCUT2D eigenvalue weighted by atomic mass is 35.5. The lowest BCUT2D eigenvalue weighted by molar-refractivity contribution is 0.109. The van der Waals surface area contributed by atoms with E-state index in [1.165, 1.54) is 0 Å². The van der Waals surface area contributed by atoms with Crippen molar-refractivity contribution in [2.45, 2.75) is 0 Å². The van der Waals surface area contributed by atoms with Crippen molar-refractivity contribution in [1.82, 2.24) is 0 Å². The molecule has 0 aliphatic carbocycles. The van der Waals surface area contributed by atoms with Crippen LogP contribution >= 0.6 is 11.6 Å². The number of ether oxygens (including phenoxy) is 3. The van der Waals surface area contributed by atoms with Gasteiger partial charge in [-0.1, -0.05) is 12.1 Å². The van der Waals surface area contributed by atoms with Gasteiger partial charge in [0.15, 0.2) is 11.5 Å². The fraction of sp³-hybridized carbons (Fsp3) is 0.500. The van der Waals surface area contributed by atoms with Gasteiger partial charge in [0.1, 0.15) is 13.2 Å². The van der Waals surface area contributed by atoms with Crippen LogP contribution in [0.25, 0.3) is 0 Å². The monoisotopic (exact) mass is 260 g/mol. The number of halogens is 1. The number of para-hydroxylation sites is 2. The van der Waals surface area contributed by atoms with Gasteiger partial charge < -0.3 is 19.3 Å². The molecule has 96 valence electrons. The molecule has 5 heteroatoms. The molecule has 4 nitrogen and oxygen atoms in total. The van der Waals surface area contributed by atoms with Gasteiger partial charge in [-0.3, -0.25) is 0 Å². The molecular weight excluding hydrogens is 244 g/mol. The number of alkyl halides is 1. The Morgan fingerprint density at radius 2 is 1.59 bits per heavy atom. The Balaban J connectivity index is 2.35. The second kappa shape index (κ2) is 9.10. The Labute approximate surface area is 106 Å². The third-order valence-corrected chi connectivity index (χ3v) is 2.06. The topological polar surface area (TPSA) is 47.9 Å². The van der Waals surface area contributed by atoms with E-state index < -0.39 is 0 Å². The molecule has 0 radical (unpaired) electrons. The first kappa shape index (κ1) is 14.1. The lowest BCUT2D eigenvalue weighted by atomic mass is 10.3. The SMILES string of the molecule is OCCOc1ccccc1OCCOCCCl. The quantitative estimate of drug-likeness (QED) is 0.542. The van der Waals surface area contributed by atoms with Crippen LogP contribution in [-0.4, -0.2) is 44.0 Å². The highest BCUT2D eigenvalue weighted by Gasteiger charge is 2.03. The lowest BCUT2D eigenvalue weighted by Crippen LogP contribution is -2.09. The number of aliphatic hydroxyl groups excluding tert-OH is 1. The van der Waals surface area contributed by atoms with E-state index in [9.17, 15) is 0 Å². The summed E-state index contributed by atoms with van der Waals surface area (Å²) in [7, 11) is 0. The van der Waals surface area contributed by atoms with Gasteiger partial charge in [0.25, 0.3) is 0 Å². The molecule has 0 amide bonds. The molecule has 0 saturated carbocycles. The van der Waals surface area contributed by atoms with E-state index in [4.69, 9.17) is 30.9 Å². The number of benzene rings is 1. The molecule has 0 aromatic heterocycles. The summed E-state index contributed by atoms with van der Waals surface area (Å²) in [5.74, 6) is 1.75. The van der Waals surface area contributed by atoms with Crippen LogP contribution in [0, 0.1) is 0 Å². The summed E-state index contributed by atoms with van der Waals surface area (Å²) in [5, 5.41) is 8.69. The van der Waals surface area contributed by atoms with Gasteiger partial charge in [0.05, 0.1) is 19.8 Å². The first-order valence-corrected chi connectivity index (χ1v) is 6.01. The zero-order chi connectivity index (χ0) is 12.3. The zero-order valence-corrected chi connectivity index (χ0v) is 10.4. The Bertz CT molecular complexity index is 306. The molecule has 0 aliphatic heterocycles. The van der Waals surface area contributed by atoms with Gasteiger partial charge >= 0.3 is 0 Å². The molecular formula is C12H17ClO4. The number of hydrogen-bond donors (Lipinski definition) is 1. The summed E-state index contributed by atoms with van der Waals surface area (Å²) in [5.41, 5.74) is 0. The molecule has 1 rings (SSSR count). The van der Waals surface area contributed by atoms with E-state index in [1.54, 1.807) is 6.07 Å². The van der Waals surface area contributed by atoms with Gasteiger partial charge in [-0.25, -0.2) is 0 Å². The predicted molar refractivity (Wildman–Crippen MR) is 66.1 cm³/mol. The van der Waals surface area contributed by atoms with E-state index in [0.29, 0.717) is 37.2 Å². The van der Waals surface area contributed by atoms with Crippen LogP contribution < -0.4 is 9.47 Å². The van der Waals surface area contributed by atoms with Gasteiger partial charge in [-0.05, 0) is 12.1 Å². The molecule has 1 aromatic carbocycles. The molecule has 0 aliphatic rings. The van der Waals surface area contributed by atoms with Crippen LogP contribution in [0.15, 0.2) is 24.3 Å². The first-order valence-electron chi connectivity index (χ1n) is 5.47. The van der Waals surface area contributed by atoms with Crippen LogP contribution in [0.2, 0.25) is 0 Å². The van der Waals surface area contributed by atoms with Crippen molar-refractivity contribution in [3.05, 3.63) is 24.3 Å². The highest BCUT2D eigenvalue weighted by molar-refractivity contribution is 6.17. The molecule has 0 atom stereocenters. The fourth-order valence-electron chi connectivity index (χ4n) is 1.21. The number of aliphatic hydroxyl groups is 1. The molecule has 0 fully saturated rings. The lowest BCUT2D eigenvalue weighted by Gasteiger charge is -2.11. The van der Waals surface area contributed by atoms with Crippen molar-refractivity contribution in [1.29, 1.82) is 0 Å². The number of rotatable bonds is 9. The van der Waals surface area contributed by atoms with E-state index >= 15 is 0 Å². The van der Waals surface area contributed by atoms with Crippen molar-refractivity contribution >= 4 is 11.6 Å². The van der Waals surface area contributed by atoms with E-state index in [2.05, 4.69) is 0 Å². The Hall–Kier alpha value is -0.970. The van der Waals surface area contributed by atoms with E-state index in [-0.39, 0.29) is 13.2 Å². The minimum absolute atomic E-state index is 0.0207.